The van der Waals surface area contributed by atoms with Crippen LogP contribution in [0.1, 0.15) is 44.4 Å². The summed E-state index contributed by atoms with van der Waals surface area (Å²) in [6.07, 6.45) is 4.65. The third-order valence-corrected chi connectivity index (χ3v) is 2.62. The Morgan fingerprint density at radius 1 is 1.50 bits per heavy atom. The summed E-state index contributed by atoms with van der Waals surface area (Å²) in [6.45, 7) is 4.39. The molecule has 1 aliphatic heterocycles. The van der Waals surface area contributed by atoms with Crippen molar-refractivity contribution in [1.82, 2.24) is 14.8 Å². The van der Waals surface area contributed by atoms with E-state index in [9.17, 15) is 0 Å². The molecule has 2 heterocycles. The summed E-state index contributed by atoms with van der Waals surface area (Å²) in [5.74, 6) is 2.34. The van der Waals surface area contributed by atoms with Crippen LogP contribution in [0.3, 0.4) is 0 Å². The van der Waals surface area contributed by atoms with E-state index in [0.29, 0.717) is 6.04 Å². The molecule has 3 nitrogen and oxygen atoms in total. The lowest BCUT2D eigenvalue weighted by Crippen LogP contribution is -2.17. The van der Waals surface area contributed by atoms with Crippen molar-refractivity contribution in [2.75, 3.05) is 0 Å². The van der Waals surface area contributed by atoms with Gasteiger partial charge in [-0.1, -0.05) is 6.92 Å². The lowest BCUT2D eigenvalue weighted by Gasteiger charge is -2.22. The minimum Gasteiger partial charge on any atom is -0.312 e. The molecular weight excluding hydrogens is 150 g/mol. The first-order valence-corrected chi connectivity index (χ1v) is 4.75. The van der Waals surface area contributed by atoms with Gasteiger partial charge in [0.2, 0.25) is 0 Å². The summed E-state index contributed by atoms with van der Waals surface area (Å²) in [4.78, 5) is 0. The van der Waals surface area contributed by atoms with Crippen LogP contribution in [0.25, 0.3) is 0 Å². The van der Waals surface area contributed by atoms with E-state index in [4.69, 9.17) is 0 Å². The second-order valence-corrected chi connectivity index (χ2v) is 3.50. The molecule has 0 N–H and O–H groups in total. The number of fused-ring (bicyclic) bond motifs is 1. The third-order valence-electron chi connectivity index (χ3n) is 2.62. The van der Waals surface area contributed by atoms with Crippen LogP contribution >= 0.6 is 0 Å². The maximum atomic E-state index is 4.19. The van der Waals surface area contributed by atoms with E-state index >= 15 is 0 Å². The van der Waals surface area contributed by atoms with Gasteiger partial charge in [0.1, 0.15) is 11.6 Å². The second-order valence-electron chi connectivity index (χ2n) is 3.50. The van der Waals surface area contributed by atoms with Gasteiger partial charge in [0.25, 0.3) is 0 Å². The molecule has 2 rings (SSSR count). The lowest BCUT2D eigenvalue weighted by atomic mass is 10.1. The van der Waals surface area contributed by atoms with E-state index in [2.05, 4.69) is 28.6 Å². The lowest BCUT2D eigenvalue weighted by molar-refractivity contribution is 0.415. The molecule has 0 spiro atoms. The molecule has 1 aromatic heterocycles. The Bertz CT molecular complexity index is 264. The van der Waals surface area contributed by atoms with Crippen LogP contribution in [0.4, 0.5) is 0 Å². The first-order chi connectivity index (χ1) is 5.83. The van der Waals surface area contributed by atoms with Gasteiger partial charge in [-0.25, -0.2) is 0 Å². The normalized spacial score (nSPS) is 22.3. The van der Waals surface area contributed by atoms with E-state index in [1.165, 1.54) is 18.7 Å². The van der Waals surface area contributed by atoms with Gasteiger partial charge in [-0.2, -0.15) is 0 Å². The van der Waals surface area contributed by atoms with E-state index < -0.39 is 0 Å². The van der Waals surface area contributed by atoms with Crippen molar-refractivity contribution >= 4 is 0 Å². The van der Waals surface area contributed by atoms with Crippen molar-refractivity contribution in [2.24, 2.45) is 0 Å². The molecule has 0 aliphatic carbocycles. The van der Waals surface area contributed by atoms with E-state index in [-0.39, 0.29) is 0 Å². The van der Waals surface area contributed by atoms with Gasteiger partial charge < -0.3 is 4.57 Å². The number of nitrogens with zero attached hydrogens (tertiary/aromatic N) is 3. The van der Waals surface area contributed by atoms with Crippen molar-refractivity contribution in [3.8, 4) is 0 Å². The zero-order valence-electron chi connectivity index (χ0n) is 7.75. The number of aromatic nitrogens is 3. The molecule has 66 valence electrons. The molecule has 0 saturated heterocycles. The first-order valence-electron chi connectivity index (χ1n) is 4.75. The fourth-order valence-electron chi connectivity index (χ4n) is 1.97. The Morgan fingerprint density at radius 2 is 2.33 bits per heavy atom. The van der Waals surface area contributed by atoms with Gasteiger partial charge in [0, 0.05) is 18.9 Å². The summed E-state index contributed by atoms with van der Waals surface area (Å²) in [7, 11) is 0. The summed E-state index contributed by atoms with van der Waals surface area (Å²) < 4.78 is 2.31. The number of hydrogen-bond donors (Lipinski definition) is 0. The molecule has 0 bridgehead atoms. The molecule has 12 heavy (non-hydrogen) atoms. The maximum Gasteiger partial charge on any atom is 0.133 e. The van der Waals surface area contributed by atoms with E-state index in [1.54, 1.807) is 0 Å². The SMILES string of the molecule is CCc1nnc2n1[C@H](C)CCC2. The molecule has 0 aromatic carbocycles. The fraction of sp³-hybridized carbons (Fsp3) is 0.778. The Morgan fingerprint density at radius 3 is 3.08 bits per heavy atom. The van der Waals surface area contributed by atoms with Gasteiger partial charge >= 0.3 is 0 Å². The Balaban J connectivity index is 2.43. The molecule has 0 radical (unpaired) electrons. The van der Waals surface area contributed by atoms with Crippen molar-refractivity contribution in [2.45, 2.75) is 45.6 Å². The summed E-state index contributed by atoms with van der Waals surface area (Å²) in [5, 5.41) is 8.37. The predicted octanol–water partition coefficient (Wildman–Crippen LogP) is 1.74. The fourth-order valence-corrected chi connectivity index (χ4v) is 1.97. The van der Waals surface area contributed by atoms with E-state index in [0.717, 1.165) is 18.7 Å². The highest BCUT2D eigenvalue weighted by Crippen LogP contribution is 2.24. The quantitative estimate of drug-likeness (QED) is 0.634. The minimum absolute atomic E-state index is 0.610. The highest BCUT2D eigenvalue weighted by Gasteiger charge is 2.19. The van der Waals surface area contributed by atoms with Crippen LogP contribution in [0.2, 0.25) is 0 Å². The van der Waals surface area contributed by atoms with Gasteiger partial charge in [-0.3, -0.25) is 0 Å². The molecule has 0 saturated carbocycles. The zero-order chi connectivity index (χ0) is 8.55. The van der Waals surface area contributed by atoms with Crippen LogP contribution in [-0.4, -0.2) is 14.8 Å². The smallest absolute Gasteiger partial charge is 0.133 e. The monoisotopic (exact) mass is 165 g/mol. The summed E-state index contributed by atoms with van der Waals surface area (Å²) in [6, 6.07) is 0.610. The maximum absolute atomic E-state index is 4.19. The Hall–Kier alpha value is -0.860. The molecule has 1 atom stereocenters. The highest BCUT2D eigenvalue weighted by molar-refractivity contribution is 5.01. The van der Waals surface area contributed by atoms with Crippen molar-refractivity contribution < 1.29 is 0 Å². The molecule has 3 heteroatoms. The number of hydrogen-bond acceptors (Lipinski definition) is 2. The van der Waals surface area contributed by atoms with Crippen molar-refractivity contribution in [3.63, 3.8) is 0 Å². The standard InChI is InChI=1S/C9H15N3/c1-3-8-10-11-9-6-4-5-7(2)12(8)9/h7H,3-6H2,1-2H3/t7-/m1/s1. The van der Waals surface area contributed by atoms with Gasteiger partial charge in [0.05, 0.1) is 0 Å². The van der Waals surface area contributed by atoms with Crippen molar-refractivity contribution in [1.29, 1.82) is 0 Å². The van der Waals surface area contributed by atoms with Crippen LogP contribution in [0.15, 0.2) is 0 Å². The number of aryl methyl sites for hydroxylation is 2. The predicted molar refractivity (Wildman–Crippen MR) is 47.0 cm³/mol. The third kappa shape index (κ3) is 1.04. The van der Waals surface area contributed by atoms with Crippen LogP contribution in [0.5, 0.6) is 0 Å². The van der Waals surface area contributed by atoms with Gasteiger partial charge in [0.15, 0.2) is 0 Å². The van der Waals surface area contributed by atoms with E-state index in [1.807, 2.05) is 0 Å². The van der Waals surface area contributed by atoms with Crippen LogP contribution in [-0.2, 0) is 12.8 Å². The molecule has 0 amide bonds. The van der Waals surface area contributed by atoms with Crippen molar-refractivity contribution in [3.05, 3.63) is 11.6 Å². The summed E-state index contributed by atoms with van der Waals surface area (Å²) >= 11 is 0. The summed E-state index contributed by atoms with van der Waals surface area (Å²) in [5.41, 5.74) is 0. The van der Waals surface area contributed by atoms with Crippen LogP contribution in [0, 0.1) is 0 Å². The molecule has 1 aromatic rings. The first kappa shape index (κ1) is 7.77. The number of rotatable bonds is 1. The second kappa shape index (κ2) is 2.88. The zero-order valence-corrected chi connectivity index (χ0v) is 7.75. The minimum atomic E-state index is 0.610. The molecular formula is C9H15N3. The largest absolute Gasteiger partial charge is 0.312 e. The molecule has 1 aliphatic rings. The molecule has 0 unspecified atom stereocenters. The van der Waals surface area contributed by atoms with Crippen LogP contribution < -0.4 is 0 Å². The van der Waals surface area contributed by atoms with Gasteiger partial charge in [-0.15, -0.1) is 10.2 Å². The topological polar surface area (TPSA) is 30.7 Å². The highest BCUT2D eigenvalue weighted by atomic mass is 15.3. The van der Waals surface area contributed by atoms with Gasteiger partial charge in [-0.05, 0) is 19.8 Å². The Labute approximate surface area is 72.8 Å². The average Bonchev–Trinajstić information content (AvgIpc) is 2.49. The average molecular weight is 165 g/mol. The Kier molecular flexibility index (Phi) is 1.87. The molecule has 0 fully saturated rings.